The first-order valence-corrected chi connectivity index (χ1v) is 11.7. The normalized spacial score (nSPS) is 21.9. The molecule has 2 aromatic heterocycles. The Morgan fingerprint density at radius 1 is 1.19 bits per heavy atom. The highest BCUT2D eigenvalue weighted by molar-refractivity contribution is 7.91. The zero-order valence-electron chi connectivity index (χ0n) is 14.8. The van der Waals surface area contributed by atoms with Crippen molar-refractivity contribution in [3.05, 3.63) is 46.6 Å². The minimum absolute atomic E-state index is 0.124. The van der Waals surface area contributed by atoms with Crippen LogP contribution in [0.5, 0.6) is 0 Å². The molecule has 3 N–H and O–H groups in total. The molecule has 0 aliphatic heterocycles. The largest absolute Gasteiger partial charge is 0.395 e. The van der Waals surface area contributed by atoms with E-state index >= 15 is 0 Å². The van der Waals surface area contributed by atoms with Gasteiger partial charge >= 0.3 is 0 Å². The number of aromatic nitrogens is 1. The number of nitrogens with one attached hydrogen (secondary N) is 2. The predicted octanol–water partition coefficient (Wildman–Crippen LogP) is 2.78. The monoisotopic (exact) mass is 429 g/mol. The van der Waals surface area contributed by atoms with Crippen LogP contribution in [0.15, 0.2) is 40.9 Å². The summed E-state index contributed by atoms with van der Waals surface area (Å²) in [5, 5.41) is 13.3. The summed E-state index contributed by atoms with van der Waals surface area (Å²) in [7, 11) is -3.66. The second kappa shape index (κ2) is 9.45. The third kappa shape index (κ3) is 5.73. The Bertz CT molecular complexity index is 821. The fourth-order valence-electron chi connectivity index (χ4n) is 3.47. The lowest BCUT2D eigenvalue weighted by Crippen LogP contribution is -2.45. The minimum Gasteiger partial charge on any atom is -0.395 e. The van der Waals surface area contributed by atoms with Gasteiger partial charge in [-0.2, -0.15) is 0 Å². The summed E-state index contributed by atoms with van der Waals surface area (Å²) in [4.78, 5) is 4.02. The Labute approximate surface area is 169 Å². The number of sulfonamides is 1. The van der Waals surface area contributed by atoms with Gasteiger partial charge in [-0.25, -0.2) is 13.1 Å². The molecule has 27 heavy (non-hydrogen) atoms. The third-order valence-electron chi connectivity index (χ3n) is 5.00. The first-order chi connectivity index (χ1) is 13.0. The van der Waals surface area contributed by atoms with E-state index in [9.17, 15) is 13.5 Å². The molecule has 0 unspecified atom stereocenters. The number of aliphatic hydroxyl groups excluding tert-OH is 1. The fourth-order valence-corrected chi connectivity index (χ4v) is 6.27. The van der Waals surface area contributed by atoms with Crippen LogP contribution < -0.4 is 10.0 Å². The summed E-state index contributed by atoms with van der Waals surface area (Å²) in [6.07, 6.45) is 7.22. The van der Waals surface area contributed by atoms with E-state index in [-0.39, 0.29) is 16.7 Å². The molecule has 0 saturated heterocycles. The van der Waals surface area contributed by atoms with Gasteiger partial charge in [-0.05, 0) is 61.4 Å². The van der Waals surface area contributed by atoms with Crippen LogP contribution in [0.25, 0.3) is 0 Å². The van der Waals surface area contributed by atoms with E-state index in [2.05, 4.69) is 15.0 Å². The van der Waals surface area contributed by atoms with Crippen molar-refractivity contribution < 1.29 is 13.5 Å². The maximum atomic E-state index is 12.5. The molecule has 0 bridgehead atoms. The van der Waals surface area contributed by atoms with Crippen LogP contribution in [0, 0.1) is 5.92 Å². The number of rotatable bonds is 8. The number of hydrogen-bond donors (Lipinski definition) is 3. The van der Waals surface area contributed by atoms with Crippen LogP contribution in [0.2, 0.25) is 4.34 Å². The summed E-state index contributed by atoms with van der Waals surface area (Å²) in [5.41, 5.74) is 1.20. The van der Waals surface area contributed by atoms with Crippen molar-refractivity contribution in [2.75, 3.05) is 6.61 Å². The van der Waals surface area contributed by atoms with Gasteiger partial charge in [0, 0.05) is 31.0 Å². The van der Waals surface area contributed by atoms with E-state index in [0.29, 0.717) is 10.4 Å². The number of hydrogen-bond acceptors (Lipinski definition) is 6. The molecule has 0 spiro atoms. The number of halogens is 1. The molecular formula is C18H24ClN3O3S2. The van der Waals surface area contributed by atoms with Crippen molar-refractivity contribution in [1.29, 1.82) is 0 Å². The van der Waals surface area contributed by atoms with E-state index in [4.69, 9.17) is 11.6 Å². The second-order valence-corrected chi connectivity index (χ2v) is 10.5. The number of nitrogens with zero attached hydrogens (tertiary/aromatic N) is 1. The number of thiophene rings is 1. The summed E-state index contributed by atoms with van der Waals surface area (Å²) >= 11 is 6.86. The molecule has 2 aromatic rings. The number of pyridine rings is 1. The molecule has 1 atom stereocenters. The molecule has 1 aliphatic carbocycles. The first-order valence-electron chi connectivity index (χ1n) is 8.99. The van der Waals surface area contributed by atoms with Gasteiger partial charge in [-0.3, -0.25) is 4.98 Å². The van der Waals surface area contributed by atoms with Gasteiger partial charge < -0.3 is 10.4 Å². The van der Waals surface area contributed by atoms with Gasteiger partial charge in [0.2, 0.25) is 10.0 Å². The van der Waals surface area contributed by atoms with Crippen molar-refractivity contribution in [2.24, 2.45) is 5.92 Å². The Kier molecular flexibility index (Phi) is 7.24. The first kappa shape index (κ1) is 20.7. The Morgan fingerprint density at radius 2 is 1.89 bits per heavy atom. The minimum atomic E-state index is -3.66. The van der Waals surface area contributed by atoms with Gasteiger partial charge in [0.05, 0.1) is 10.9 Å². The van der Waals surface area contributed by atoms with Crippen molar-refractivity contribution in [3.63, 3.8) is 0 Å². The highest BCUT2D eigenvalue weighted by atomic mass is 35.5. The van der Waals surface area contributed by atoms with Crippen molar-refractivity contribution in [2.45, 2.75) is 48.5 Å². The quantitative estimate of drug-likeness (QED) is 0.600. The van der Waals surface area contributed by atoms with Crippen LogP contribution in [-0.2, 0) is 16.6 Å². The molecule has 148 valence electrons. The van der Waals surface area contributed by atoms with Gasteiger partial charge in [0.25, 0.3) is 0 Å². The van der Waals surface area contributed by atoms with E-state index < -0.39 is 16.1 Å². The van der Waals surface area contributed by atoms with Gasteiger partial charge in [-0.15, -0.1) is 11.3 Å². The third-order valence-corrected chi connectivity index (χ3v) is 8.21. The summed E-state index contributed by atoms with van der Waals surface area (Å²) in [6, 6.07) is 6.97. The lowest BCUT2D eigenvalue weighted by atomic mass is 9.82. The molecule has 1 saturated carbocycles. The van der Waals surface area contributed by atoms with Gasteiger partial charge in [0.15, 0.2) is 0 Å². The Morgan fingerprint density at radius 3 is 2.48 bits per heavy atom. The molecular weight excluding hydrogens is 406 g/mol. The zero-order valence-corrected chi connectivity index (χ0v) is 17.2. The van der Waals surface area contributed by atoms with Crippen LogP contribution in [0.1, 0.15) is 31.2 Å². The smallest absolute Gasteiger partial charge is 0.250 e. The molecule has 1 fully saturated rings. The van der Waals surface area contributed by atoms with Crippen molar-refractivity contribution >= 4 is 33.0 Å². The molecule has 1 aliphatic rings. The molecule has 6 nitrogen and oxygen atoms in total. The second-order valence-electron chi connectivity index (χ2n) is 6.82. The highest BCUT2D eigenvalue weighted by Gasteiger charge is 2.31. The molecule has 3 rings (SSSR count). The fraction of sp³-hybridized carbons (Fsp3) is 0.500. The maximum absolute atomic E-state index is 12.5. The summed E-state index contributed by atoms with van der Waals surface area (Å²) in [6.45, 7) is 0.588. The predicted molar refractivity (Wildman–Crippen MR) is 107 cm³/mol. The molecule has 0 aromatic carbocycles. The van der Waals surface area contributed by atoms with Crippen LogP contribution in [0.3, 0.4) is 0 Å². The molecule has 9 heteroatoms. The molecule has 2 heterocycles. The zero-order chi connectivity index (χ0) is 19.3. The Hall–Kier alpha value is -1.03. The summed E-state index contributed by atoms with van der Waals surface area (Å²) in [5.74, 6) is 0.124. The van der Waals surface area contributed by atoms with Gasteiger partial charge in [0.1, 0.15) is 4.21 Å². The van der Waals surface area contributed by atoms with Crippen LogP contribution in [0.4, 0.5) is 0 Å². The van der Waals surface area contributed by atoms with Crippen LogP contribution in [-0.4, -0.2) is 37.2 Å². The maximum Gasteiger partial charge on any atom is 0.250 e. The molecule has 0 radical (unpaired) electrons. The van der Waals surface area contributed by atoms with E-state index in [0.717, 1.165) is 43.6 Å². The van der Waals surface area contributed by atoms with Crippen LogP contribution >= 0.6 is 22.9 Å². The highest BCUT2D eigenvalue weighted by Crippen LogP contribution is 2.30. The van der Waals surface area contributed by atoms with Crippen molar-refractivity contribution in [1.82, 2.24) is 15.0 Å². The SMILES string of the molecule is O=S(=O)(N[C@H](CO)C1CCC(NCc2ccncc2)CC1)c1ccc(Cl)s1. The standard InChI is InChI=1S/C18H24ClN3O3S2/c19-17-5-6-18(26-17)27(24,25)22-16(12-23)14-1-3-15(4-2-14)21-11-13-7-9-20-10-8-13/h5-10,14-16,21-23H,1-4,11-12H2/t14?,15?,16-/m1/s1. The average Bonchev–Trinajstić information content (AvgIpc) is 3.13. The molecule has 0 amide bonds. The van der Waals surface area contributed by atoms with E-state index in [1.807, 2.05) is 12.1 Å². The number of aliphatic hydroxyl groups is 1. The lowest BCUT2D eigenvalue weighted by Gasteiger charge is -2.33. The van der Waals surface area contributed by atoms with Gasteiger partial charge in [-0.1, -0.05) is 11.6 Å². The van der Waals surface area contributed by atoms with E-state index in [1.165, 1.54) is 11.6 Å². The van der Waals surface area contributed by atoms with Crippen molar-refractivity contribution in [3.8, 4) is 0 Å². The lowest BCUT2D eigenvalue weighted by molar-refractivity contribution is 0.175. The average molecular weight is 430 g/mol. The van der Waals surface area contributed by atoms with E-state index in [1.54, 1.807) is 18.5 Å². The topological polar surface area (TPSA) is 91.3 Å². The summed E-state index contributed by atoms with van der Waals surface area (Å²) < 4.78 is 28.3. The Balaban J connectivity index is 1.51.